The van der Waals surface area contributed by atoms with Crippen LogP contribution in [0.5, 0.6) is 0 Å². The molecule has 2 aromatic heterocycles. The lowest BCUT2D eigenvalue weighted by atomic mass is 10.1. The summed E-state index contributed by atoms with van der Waals surface area (Å²) in [6.45, 7) is 1.30. The van der Waals surface area contributed by atoms with Gasteiger partial charge >= 0.3 is 12.2 Å². The zero-order valence-corrected chi connectivity index (χ0v) is 14.9. The Morgan fingerprint density at radius 1 is 1.21 bits per heavy atom. The highest BCUT2D eigenvalue weighted by atomic mass is 32.1. The number of hydrogen-bond acceptors (Lipinski definition) is 5. The minimum Gasteiger partial charge on any atom is -0.368 e. The lowest BCUT2D eigenvalue weighted by Crippen LogP contribution is -2.40. The van der Waals surface area contributed by atoms with E-state index in [2.05, 4.69) is 15.3 Å². The zero-order chi connectivity index (χ0) is 20.6. The topological polar surface area (TPSA) is 92.9 Å². The van der Waals surface area contributed by atoms with Crippen molar-refractivity contribution in [3.05, 3.63) is 46.6 Å². The van der Waals surface area contributed by atoms with Gasteiger partial charge in [0.05, 0.1) is 22.8 Å². The molecule has 148 valence electrons. The molecule has 3 aromatic rings. The number of amides is 2. The fraction of sp³-hybridized carbons (Fsp3) is 0.188. The molecule has 1 aromatic carbocycles. The van der Waals surface area contributed by atoms with E-state index in [0.717, 1.165) is 18.5 Å². The van der Waals surface area contributed by atoms with Crippen LogP contribution in [0, 0.1) is 18.6 Å². The fourth-order valence-electron chi connectivity index (χ4n) is 2.53. The zero-order valence-electron chi connectivity index (χ0n) is 14.1. The minimum absolute atomic E-state index is 0.0147. The first-order chi connectivity index (χ1) is 13.1. The summed E-state index contributed by atoms with van der Waals surface area (Å²) in [6.07, 6.45) is -2.64. The highest BCUT2D eigenvalue weighted by molar-refractivity contribution is 7.19. The van der Waals surface area contributed by atoms with E-state index in [4.69, 9.17) is 5.73 Å². The normalized spacial score (nSPS) is 12.8. The molecule has 2 heterocycles. The summed E-state index contributed by atoms with van der Waals surface area (Å²) in [5.74, 6) is -1.96. The molecule has 1 atom stereocenters. The van der Waals surface area contributed by atoms with Crippen LogP contribution in [0.1, 0.15) is 16.5 Å². The van der Waals surface area contributed by atoms with E-state index in [1.54, 1.807) is 5.32 Å². The Kier molecular flexibility index (Phi) is 5.06. The van der Waals surface area contributed by atoms with Gasteiger partial charge in [-0.2, -0.15) is 13.2 Å². The SMILES string of the molecule is Cc1c([C@@H](NC(=O)Nc2cnc(N)nc2)C(F)(F)F)sc2c(F)cc(F)cc12. The Labute approximate surface area is 158 Å². The van der Waals surface area contributed by atoms with Crippen molar-refractivity contribution in [1.82, 2.24) is 15.3 Å². The number of aromatic nitrogens is 2. The van der Waals surface area contributed by atoms with Gasteiger partial charge < -0.3 is 16.4 Å². The Balaban J connectivity index is 1.94. The third kappa shape index (κ3) is 3.96. The summed E-state index contributed by atoms with van der Waals surface area (Å²) in [6, 6.07) is -2.07. The molecule has 3 rings (SSSR count). The van der Waals surface area contributed by atoms with E-state index in [0.29, 0.717) is 17.4 Å². The van der Waals surface area contributed by atoms with E-state index >= 15 is 0 Å². The summed E-state index contributed by atoms with van der Waals surface area (Å²) in [7, 11) is 0. The molecule has 0 bridgehead atoms. The number of hydrogen-bond donors (Lipinski definition) is 3. The van der Waals surface area contributed by atoms with Crippen molar-refractivity contribution in [3.8, 4) is 0 Å². The monoisotopic (exact) mass is 417 g/mol. The van der Waals surface area contributed by atoms with Gasteiger partial charge in [0.1, 0.15) is 11.6 Å². The first kappa shape index (κ1) is 19.7. The summed E-state index contributed by atoms with van der Waals surface area (Å²) in [4.78, 5) is 18.9. The molecule has 0 aliphatic heterocycles. The Hall–Kier alpha value is -3.02. The number of carbonyl (C=O) groups excluding carboxylic acids is 1. The molecule has 2 amide bonds. The predicted molar refractivity (Wildman–Crippen MR) is 93.9 cm³/mol. The van der Waals surface area contributed by atoms with E-state index < -0.39 is 29.9 Å². The number of alkyl halides is 3. The third-order valence-electron chi connectivity index (χ3n) is 3.79. The van der Waals surface area contributed by atoms with Crippen molar-refractivity contribution in [1.29, 1.82) is 0 Å². The van der Waals surface area contributed by atoms with Gasteiger partial charge in [-0.15, -0.1) is 11.3 Å². The molecule has 0 saturated carbocycles. The Morgan fingerprint density at radius 3 is 2.46 bits per heavy atom. The summed E-state index contributed by atoms with van der Waals surface area (Å²) in [5.41, 5.74) is 5.34. The fourth-order valence-corrected chi connectivity index (χ4v) is 3.81. The number of aryl methyl sites for hydroxylation is 1. The maximum Gasteiger partial charge on any atom is 0.413 e. The predicted octanol–water partition coefficient (Wildman–Crippen LogP) is 4.29. The molecule has 4 N–H and O–H groups in total. The van der Waals surface area contributed by atoms with Gasteiger partial charge in [-0.3, -0.25) is 0 Å². The molecule has 0 aliphatic rings. The number of rotatable bonds is 3. The molecule has 0 radical (unpaired) electrons. The number of anilines is 2. The largest absolute Gasteiger partial charge is 0.413 e. The van der Waals surface area contributed by atoms with Crippen LogP contribution in [-0.4, -0.2) is 22.2 Å². The first-order valence-corrected chi connectivity index (χ1v) is 8.47. The van der Waals surface area contributed by atoms with Crippen molar-refractivity contribution in [2.24, 2.45) is 0 Å². The first-order valence-electron chi connectivity index (χ1n) is 7.66. The van der Waals surface area contributed by atoms with E-state index in [1.165, 1.54) is 6.92 Å². The molecule has 6 nitrogen and oxygen atoms in total. The smallest absolute Gasteiger partial charge is 0.368 e. The van der Waals surface area contributed by atoms with Crippen LogP contribution in [-0.2, 0) is 0 Å². The number of nitrogen functional groups attached to an aromatic ring is 1. The molecule has 0 saturated heterocycles. The minimum atomic E-state index is -4.88. The third-order valence-corrected chi connectivity index (χ3v) is 5.17. The average molecular weight is 417 g/mol. The lowest BCUT2D eigenvalue weighted by molar-refractivity contribution is -0.154. The Bertz CT molecular complexity index is 1030. The van der Waals surface area contributed by atoms with Gasteiger partial charge in [-0.1, -0.05) is 0 Å². The van der Waals surface area contributed by atoms with E-state index in [-0.39, 0.29) is 32.2 Å². The molecular formula is C16H12F5N5OS. The maximum atomic E-state index is 13.9. The second-order valence-corrected chi connectivity index (χ2v) is 6.81. The van der Waals surface area contributed by atoms with Gasteiger partial charge in [-0.25, -0.2) is 23.5 Å². The quantitative estimate of drug-likeness (QED) is 0.555. The standard InChI is InChI=1S/C16H12F5N5OS/c1-6-9-2-7(17)3-10(18)12(9)28-11(6)13(16(19,20)21)26-15(27)25-8-4-23-14(22)24-5-8/h2-5,13H,1H3,(H2,22,23,24)(H2,25,26,27)/t13-/m1/s1. The number of fused-ring (bicyclic) bond motifs is 1. The molecule has 0 fully saturated rings. The van der Waals surface area contributed by atoms with Crippen LogP contribution in [0.3, 0.4) is 0 Å². The lowest BCUT2D eigenvalue weighted by Gasteiger charge is -2.21. The van der Waals surface area contributed by atoms with Gasteiger partial charge in [0.25, 0.3) is 0 Å². The van der Waals surface area contributed by atoms with Gasteiger partial charge in [0.15, 0.2) is 6.04 Å². The average Bonchev–Trinajstić information content (AvgIpc) is 2.91. The van der Waals surface area contributed by atoms with Crippen LogP contribution in [0.15, 0.2) is 24.5 Å². The van der Waals surface area contributed by atoms with Crippen molar-refractivity contribution in [2.75, 3.05) is 11.1 Å². The molecule has 28 heavy (non-hydrogen) atoms. The van der Waals surface area contributed by atoms with Crippen molar-refractivity contribution < 1.29 is 26.7 Å². The van der Waals surface area contributed by atoms with Gasteiger partial charge in [-0.05, 0) is 18.6 Å². The number of halogens is 5. The summed E-state index contributed by atoms with van der Waals surface area (Å²) >= 11 is 0.499. The van der Waals surface area contributed by atoms with Crippen LogP contribution >= 0.6 is 11.3 Å². The van der Waals surface area contributed by atoms with Crippen LogP contribution < -0.4 is 16.4 Å². The summed E-state index contributed by atoms with van der Waals surface area (Å²) in [5, 5.41) is 3.97. The van der Waals surface area contributed by atoms with E-state index in [1.807, 2.05) is 0 Å². The number of nitrogens with zero attached hydrogens (tertiary/aromatic N) is 2. The number of nitrogens with two attached hydrogens (primary N) is 1. The van der Waals surface area contributed by atoms with Crippen LogP contribution in [0.25, 0.3) is 10.1 Å². The number of urea groups is 1. The molecule has 12 heteroatoms. The molecular weight excluding hydrogens is 405 g/mol. The molecule has 0 unspecified atom stereocenters. The van der Waals surface area contributed by atoms with Gasteiger partial charge in [0.2, 0.25) is 5.95 Å². The van der Waals surface area contributed by atoms with Crippen molar-refractivity contribution in [2.45, 2.75) is 19.1 Å². The number of nitrogens with one attached hydrogen (secondary N) is 2. The van der Waals surface area contributed by atoms with Gasteiger partial charge in [0, 0.05) is 16.3 Å². The van der Waals surface area contributed by atoms with Crippen molar-refractivity contribution >= 4 is 39.1 Å². The molecule has 0 spiro atoms. The highest BCUT2D eigenvalue weighted by Crippen LogP contribution is 2.42. The maximum absolute atomic E-state index is 13.9. The van der Waals surface area contributed by atoms with Crippen molar-refractivity contribution in [3.63, 3.8) is 0 Å². The number of thiophene rings is 1. The van der Waals surface area contributed by atoms with Crippen LogP contribution in [0.2, 0.25) is 0 Å². The summed E-state index contributed by atoms with van der Waals surface area (Å²) < 4.78 is 68.1. The molecule has 0 aliphatic carbocycles. The highest BCUT2D eigenvalue weighted by Gasteiger charge is 2.44. The second-order valence-electron chi connectivity index (χ2n) is 5.76. The van der Waals surface area contributed by atoms with E-state index in [9.17, 15) is 26.7 Å². The number of benzene rings is 1. The Morgan fingerprint density at radius 2 is 1.86 bits per heavy atom. The number of carbonyl (C=O) groups is 1. The van der Waals surface area contributed by atoms with Crippen LogP contribution in [0.4, 0.5) is 38.4 Å². The second kappa shape index (κ2) is 7.19.